The van der Waals surface area contributed by atoms with Gasteiger partial charge in [0.15, 0.2) is 0 Å². The second-order valence-corrected chi connectivity index (χ2v) is 4.76. The molecule has 1 atom stereocenters. The molecule has 0 aliphatic heterocycles. The quantitative estimate of drug-likeness (QED) is 0.777. The van der Waals surface area contributed by atoms with Crippen molar-refractivity contribution in [1.82, 2.24) is 9.97 Å². The van der Waals surface area contributed by atoms with Gasteiger partial charge in [-0.3, -0.25) is 0 Å². The first-order valence-electron chi connectivity index (χ1n) is 6.49. The van der Waals surface area contributed by atoms with E-state index >= 15 is 0 Å². The molecule has 0 spiro atoms. The van der Waals surface area contributed by atoms with Crippen molar-refractivity contribution in [2.75, 3.05) is 18.5 Å². The molecule has 1 unspecified atom stereocenters. The Balaban J connectivity index is 2.85. The molecule has 0 saturated carbocycles. The van der Waals surface area contributed by atoms with Crippen molar-refractivity contribution >= 4 is 5.95 Å². The molecule has 0 fully saturated rings. The Morgan fingerprint density at radius 2 is 2.11 bits per heavy atom. The van der Waals surface area contributed by atoms with Gasteiger partial charge >= 0.3 is 0 Å². The van der Waals surface area contributed by atoms with Gasteiger partial charge in [0, 0.05) is 23.8 Å². The van der Waals surface area contributed by atoms with E-state index in [4.69, 9.17) is 10.5 Å². The van der Waals surface area contributed by atoms with Gasteiger partial charge in [0.25, 0.3) is 0 Å². The monoisotopic (exact) mass is 252 g/mol. The molecule has 0 aliphatic carbocycles. The molecular formula is C13H24N4O. The summed E-state index contributed by atoms with van der Waals surface area (Å²) in [5, 5.41) is 3.29. The van der Waals surface area contributed by atoms with Crippen molar-refractivity contribution < 1.29 is 4.74 Å². The fourth-order valence-electron chi connectivity index (χ4n) is 1.43. The predicted octanol–water partition coefficient (Wildman–Crippen LogP) is 2.11. The van der Waals surface area contributed by atoms with Crippen LogP contribution in [0.2, 0.25) is 0 Å². The number of nitrogens with zero attached hydrogens (tertiary/aromatic N) is 2. The normalized spacial score (nSPS) is 14.1. The molecule has 0 amide bonds. The third-order valence-corrected chi connectivity index (χ3v) is 2.93. The first-order chi connectivity index (χ1) is 8.53. The molecule has 5 nitrogen and oxygen atoms in total. The van der Waals surface area contributed by atoms with Gasteiger partial charge < -0.3 is 15.8 Å². The molecule has 0 radical (unpaired) electrons. The van der Waals surface area contributed by atoms with Gasteiger partial charge in [0.05, 0.1) is 6.61 Å². The number of hydrogen-bond donors (Lipinski definition) is 2. The van der Waals surface area contributed by atoms with E-state index in [1.165, 1.54) is 0 Å². The Bertz CT molecular complexity index is 377. The van der Waals surface area contributed by atoms with Crippen molar-refractivity contribution in [2.45, 2.75) is 46.1 Å². The van der Waals surface area contributed by atoms with E-state index in [9.17, 15) is 0 Å². The minimum Gasteiger partial charge on any atom is -0.478 e. The largest absolute Gasteiger partial charge is 0.478 e. The van der Waals surface area contributed by atoms with Crippen LogP contribution in [0, 0.1) is 6.92 Å². The van der Waals surface area contributed by atoms with Crippen LogP contribution in [0.15, 0.2) is 6.07 Å². The summed E-state index contributed by atoms with van der Waals surface area (Å²) in [7, 11) is 0. The molecular weight excluding hydrogens is 228 g/mol. The molecule has 5 heteroatoms. The number of aromatic nitrogens is 2. The van der Waals surface area contributed by atoms with Crippen LogP contribution in [0.5, 0.6) is 5.88 Å². The summed E-state index contributed by atoms with van der Waals surface area (Å²) in [6.45, 7) is 9.34. The van der Waals surface area contributed by atoms with E-state index in [-0.39, 0.29) is 5.54 Å². The van der Waals surface area contributed by atoms with E-state index in [1.54, 1.807) is 0 Å². The average molecular weight is 252 g/mol. The Morgan fingerprint density at radius 3 is 2.67 bits per heavy atom. The van der Waals surface area contributed by atoms with Crippen molar-refractivity contribution in [1.29, 1.82) is 0 Å². The molecule has 0 bridgehead atoms. The molecule has 0 saturated heterocycles. The number of nitrogens with one attached hydrogen (secondary N) is 1. The van der Waals surface area contributed by atoms with Crippen LogP contribution < -0.4 is 15.8 Å². The van der Waals surface area contributed by atoms with Crippen LogP contribution in [0.3, 0.4) is 0 Å². The lowest BCUT2D eigenvalue weighted by atomic mass is 10.00. The first-order valence-corrected chi connectivity index (χ1v) is 6.49. The van der Waals surface area contributed by atoms with Gasteiger partial charge in [-0.05, 0) is 26.7 Å². The standard InChI is InChI=1S/C13H24N4O/c1-5-7-18-11-8-10(3)15-12(16-11)17-13(4,6-2)9-14/h8H,5-7,9,14H2,1-4H3,(H,15,16,17). The minimum atomic E-state index is -0.185. The third-order valence-electron chi connectivity index (χ3n) is 2.93. The summed E-state index contributed by atoms with van der Waals surface area (Å²) >= 11 is 0. The minimum absolute atomic E-state index is 0.185. The SMILES string of the molecule is CCCOc1cc(C)nc(NC(C)(CC)CN)n1. The first kappa shape index (κ1) is 14.7. The highest BCUT2D eigenvalue weighted by Crippen LogP contribution is 2.17. The highest BCUT2D eigenvalue weighted by Gasteiger charge is 2.21. The van der Waals surface area contributed by atoms with E-state index in [2.05, 4.69) is 36.1 Å². The maximum atomic E-state index is 5.77. The summed E-state index contributed by atoms with van der Waals surface area (Å²) in [6.07, 6.45) is 1.87. The zero-order chi connectivity index (χ0) is 13.6. The van der Waals surface area contributed by atoms with E-state index in [0.717, 1.165) is 18.5 Å². The van der Waals surface area contributed by atoms with Crippen molar-refractivity contribution in [3.05, 3.63) is 11.8 Å². The highest BCUT2D eigenvalue weighted by atomic mass is 16.5. The summed E-state index contributed by atoms with van der Waals surface area (Å²) in [6, 6.07) is 1.84. The van der Waals surface area contributed by atoms with Gasteiger partial charge in [-0.2, -0.15) is 4.98 Å². The van der Waals surface area contributed by atoms with Crippen LogP contribution in [-0.4, -0.2) is 28.7 Å². The van der Waals surface area contributed by atoms with Gasteiger partial charge in [-0.15, -0.1) is 0 Å². The molecule has 1 heterocycles. The second-order valence-electron chi connectivity index (χ2n) is 4.76. The van der Waals surface area contributed by atoms with Crippen molar-refractivity contribution in [3.63, 3.8) is 0 Å². The van der Waals surface area contributed by atoms with Crippen LogP contribution in [0.4, 0.5) is 5.95 Å². The van der Waals surface area contributed by atoms with E-state index in [1.807, 2.05) is 13.0 Å². The maximum Gasteiger partial charge on any atom is 0.226 e. The second kappa shape index (κ2) is 6.54. The number of ether oxygens (including phenoxy) is 1. The Labute approximate surface area is 109 Å². The zero-order valence-electron chi connectivity index (χ0n) is 11.8. The topological polar surface area (TPSA) is 73.1 Å². The number of rotatable bonds is 7. The average Bonchev–Trinajstić information content (AvgIpc) is 2.35. The molecule has 18 heavy (non-hydrogen) atoms. The fourth-order valence-corrected chi connectivity index (χ4v) is 1.43. The van der Waals surface area contributed by atoms with Gasteiger partial charge in [0.2, 0.25) is 11.8 Å². The zero-order valence-corrected chi connectivity index (χ0v) is 11.8. The van der Waals surface area contributed by atoms with Crippen LogP contribution in [0.1, 0.15) is 39.3 Å². The lowest BCUT2D eigenvalue weighted by Gasteiger charge is -2.28. The summed E-state index contributed by atoms with van der Waals surface area (Å²) in [5.41, 5.74) is 6.47. The van der Waals surface area contributed by atoms with Crippen LogP contribution in [0.25, 0.3) is 0 Å². The Hall–Kier alpha value is -1.36. The summed E-state index contributed by atoms with van der Waals surface area (Å²) in [5.74, 6) is 1.19. The van der Waals surface area contributed by atoms with E-state index in [0.29, 0.717) is 25.0 Å². The number of nitrogens with two attached hydrogens (primary N) is 1. The van der Waals surface area contributed by atoms with Gasteiger partial charge in [-0.1, -0.05) is 13.8 Å². The molecule has 1 aromatic rings. The number of anilines is 1. The Morgan fingerprint density at radius 1 is 1.39 bits per heavy atom. The van der Waals surface area contributed by atoms with E-state index < -0.39 is 0 Å². The maximum absolute atomic E-state index is 5.77. The van der Waals surface area contributed by atoms with Crippen LogP contribution in [-0.2, 0) is 0 Å². The Kier molecular flexibility index (Phi) is 5.34. The lowest BCUT2D eigenvalue weighted by molar-refractivity contribution is 0.304. The summed E-state index contributed by atoms with van der Waals surface area (Å²) in [4.78, 5) is 8.72. The van der Waals surface area contributed by atoms with Gasteiger partial charge in [0.1, 0.15) is 0 Å². The molecule has 0 aliphatic rings. The number of hydrogen-bond acceptors (Lipinski definition) is 5. The number of aryl methyl sites for hydroxylation is 1. The molecule has 3 N–H and O–H groups in total. The smallest absolute Gasteiger partial charge is 0.226 e. The molecule has 1 aromatic heterocycles. The van der Waals surface area contributed by atoms with Crippen molar-refractivity contribution in [2.24, 2.45) is 5.73 Å². The van der Waals surface area contributed by atoms with Crippen LogP contribution >= 0.6 is 0 Å². The molecule has 1 rings (SSSR count). The molecule has 102 valence electrons. The van der Waals surface area contributed by atoms with Gasteiger partial charge in [-0.25, -0.2) is 4.98 Å². The fraction of sp³-hybridized carbons (Fsp3) is 0.692. The van der Waals surface area contributed by atoms with Crippen molar-refractivity contribution in [3.8, 4) is 5.88 Å². The summed E-state index contributed by atoms with van der Waals surface area (Å²) < 4.78 is 5.54. The predicted molar refractivity (Wildman–Crippen MR) is 73.9 cm³/mol. The lowest BCUT2D eigenvalue weighted by Crippen LogP contribution is -2.42. The highest BCUT2D eigenvalue weighted by molar-refractivity contribution is 5.33. The molecule has 0 aromatic carbocycles. The third kappa shape index (κ3) is 4.14.